The molecular weight excluding hydrogens is 262 g/mol. The fraction of sp³-hybridized carbons (Fsp3) is 0.353. The molecule has 0 spiro atoms. The fourth-order valence-corrected chi connectivity index (χ4v) is 2.12. The third-order valence-electron chi connectivity index (χ3n) is 3.62. The summed E-state index contributed by atoms with van der Waals surface area (Å²) in [6, 6.07) is 9.59. The lowest BCUT2D eigenvalue weighted by molar-refractivity contribution is 0.544. The van der Waals surface area contributed by atoms with E-state index in [2.05, 4.69) is 18.9 Å². The molecule has 0 aliphatic rings. The predicted molar refractivity (Wildman–Crippen MR) is 83.0 cm³/mol. The number of nitrogens with zero attached hydrogens (tertiary/aromatic N) is 3. The second kappa shape index (κ2) is 6.36. The van der Waals surface area contributed by atoms with Crippen molar-refractivity contribution in [3.63, 3.8) is 0 Å². The molecule has 0 fully saturated rings. The molecule has 2 rings (SSSR count). The van der Waals surface area contributed by atoms with Gasteiger partial charge in [0.05, 0.1) is 5.69 Å². The van der Waals surface area contributed by atoms with Crippen molar-refractivity contribution in [3.05, 3.63) is 51.3 Å². The zero-order chi connectivity index (χ0) is 15.4. The maximum atomic E-state index is 12.1. The van der Waals surface area contributed by atoms with Crippen LogP contribution in [0.25, 0.3) is 11.3 Å². The van der Waals surface area contributed by atoms with Crippen LogP contribution >= 0.6 is 0 Å². The normalized spacial score (nSPS) is 10.4. The minimum atomic E-state index is -0.307. The molecular formula is C17H19N3O. The van der Waals surface area contributed by atoms with Crippen molar-refractivity contribution < 1.29 is 0 Å². The van der Waals surface area contributed by atoms with E-state index < -0.39 is 0 Å². The summed E-state index contributed by atoms with van der Waals surface area (Å²) in [7, 11) is 0. The molecule has 4 nitrogen and oxygen atoms in total. The molecule has 0 N–H and O–H groups in total. The SMILES string of the molecule is CCCCn1nc(-c2ccc(C)c(C)c2)cc(C#N)c1=O. The smallest absolute Gasteiger partial charge is 0.266 e. The second-order valence-electron chi connectivity index (χ2n) is 5.24. The molecule has 108 valence electrons. The van der Waals surface area contributed by atoms with Gasteiger partial charge in [0, 0.05) is 12.1 Å². The van der Waals surface area contributed by atoms with E-state index in [1.54, 1.807) is 6.07 Å². The molecule has 0 aliphatic heterocycles. The number of aryl methyl sites for hydroxylation is 3. The van der Waals surface area contributed by atoms with Crippen molar-refractivity contribution >= 4 is 0 Å². The molecule has 0 amide bonds. The number of hydrogen-bond donors (Lipinski definition) is 0. The van der Waals surface area contributed by atoms with E-state index in [0.29, 0.717) is 12.2 Å². The molecule has 0 atom stereocenters. The van der Waals surface area contributed by atoms with E-state index in [-0.39, 0.29) is 11.1 Å². The van der Waals surface area contributed by atoms with Crippen LogP contribution in [0, 0.1) is 25.2 Å². The molecule has 0 unspecified atom stereocenters. The first-order valence-corrected chi connectivity index (χ1v) is 7.16. The van der Waals surface area contributed by atoms with Crippen molar-refractivity contribution in [2.24, 2.45) is 0 Å². The van der Waals surface area contributed by atoms with Crippen LogP contribution in [0.5, 0.6) is 0 Å². The van der Waals surface area contributed by atoms with Gasteiger partial charge in [0.15, 0.2) is 0 Å². The molecule has 1 heterocycles. The number of nitriles is 1. The molecule has 0 radical (unpaired) electrons. The number of rotatable bonds is 4. The highest BCUT2D eigenvalue weighted by molar-refractivity contribution is 5.61. The summed E-state index contributed by atoms with van der Waals surface area (Å²) in [4.78, 5) is 12.1. The van der Waals surface area contributed by atoms with Crippen molar-refractivity contribution in [1.82, 2.24) is 9.78 Å². The maximum absolute atomic E-state index is 12.1. The summed E-state index contributed by atoms with van der Waals surface area (Å²) < 4.78 is 1.41. The molecule has 0 bridgehead atoms. The Morgan fingerprint density at radius 2 is 2.00 bits per heavy atom. The highest BCUT2D eigenvalue weighted by Crippen LogP contribution is 2.20. The largest absolute Gasteiger partial charge is 0.284 e. The molecule has 1 aromatic carbocycles. The zero-order valence-corrected chi connectivity index (χ0v) is 12.7. The van der Waals surface area contributed by atoms with Gasteiger partial charge in [0.1, 0.15) is 11.6 Å². The van der Waals surface area contributed by atoms with Crippen molar-refractivity contribution in [2.45, 2.75) is 40.2 Å². The Morgan fingerprint density at radius 3 is 2.62 bits per heavy atom. The maximum Gasteiger partial charge on any atom is 0.284 e. The van der Waals surface area contributed by atoms with Crippen LogP contribution in [0.3, 0.4) is 0 Å². The van der Waals surface area contributed by atoms with Gasteiger partial charge in [-0.25, -0.2) is 4.68 Å². The predicted octanol–water partition coefficient (Wildman–Crippen LogP) is 3.20. The average molecular weight is 281 g/mol. The first kappa shape index (κ1) is 15.0. The van der Waals surface area contributed by atoms with Gasteiger partial charge in [-0.05, 0) is 43.5 Å². The number of aromatic nitrogens is 2. The molecule has 2 aromatic rings. The Hall–Kier alpha value is -2.41. The lowest BCUT2D eigenvalue weighted by Crippen LogP contribution is -2.25. The summed E-state index contributed by atoms with van der Waals surface area (Å²) >= 11 is 0. The van der Waals surface area contributed by atoms with Crippen molar-refractivity contribution in [1.29, 1.82) is 5.26 Å². The van der Waals surface area contributed by atoms with Crippen LogP contribution in [-0.2, 0) is 6.54 Å². The summed E-state index contributed by atoms with van der Waals surface area (Å²) in [5.74, 6) is 0. The van der Waals surface area contributed by atoms with Gasteiger partial charge >= 0.3 is 0 Å². The van der Waals surface area contributed by atoms with E-state index in [1.165, 1.54) is 15.8 Å². The standard InChI is InChI=1S/C17H19N3O/c1-4-5-8-20-17(21)15(11-18)10-16(19-20)14-7-6-12(2)13(3)9-14/h6-7,9-10H,4-5,8H2,1-3H3. The van der Waals surface area contributed by atoms with E-state index in [0.717, 1.165) is 18.4 Å². The minimum Gasteiger partial charge on any atom is -0.266 e. The second-order valence-corrected chi connectivity index (χ2v) is 5.24. The zero-order valence-electron chi connectivity index (χ0n) is 12.7. The lowest BCUT2D eigenvalue weighted by atomic mass is 10.0. The molecule has 0 aliphatic carbocycles. The summed E-state index contributed by atoms with van der Waals surface area (Å²) in [5.41, 5.74) is 3.82. The summed E-state index contributed by atoms with van der Waals surface area (Å²) in [6.07, 6.45) is 1.85. The van der Waals surface area contributed by atoms with Crippen LogP contribution in [0.1, 0.15) is 36.5 Å². The van der Waals surface area contributed by atoms with E-state index in [4.69, 9.17) is 5.26 Å². The molecule has 1 aromatic heterocycles. The van der Waals surface area contributed by atoms with Crippen LogP contribution in [0.15, 0.2) is 29.1 Å². The van der Waals surface area contributed by atoms with E-state index in [9.17, 15) is 4.79 Å². The van der Waals surface area contributed by atoms with Gasteiger partial charge in [-0.3, -0.25) is 4.79 Å². The minimum absolute atomic E-state index is 0.148. The van der Waals surface area contributed by atoms with E-state index in [1.807, 2.05) is 31.2 Å². The summed E-state index contributed by atoms with van der Waals surface area (Å²) in [6.45, 7) is 6.69. The van der Waals surface area contributed by atoms with Crippen LogP contribution in [-0.4, -0.2) is 9.78 Å². The Balaban J connectivity index is 2.55. The molecule has 21 heavy (non-hydrogen) atoms. The quantitative estimate of drug-likeness (QED) is 0.864. The van der Waals surface area contributed by atoms with Gasteiger partial charge < -0.3 is 0 Å². The summed E-state index contributed by atoms with van der Waals surface area (Å²) in [5, 5.41) is 13.6. The fourth-order valence-electron chi connectivity index (χ4n) is 2.12. The van der Waals surface area contributed by atoms with Crippen molar-refractivity contribution in [3.8, 4) is 17.3 Å². The highest BCUT2D eigenvalue weighted by atomic mass is 16.1. The third-order valence-corrected chi connectivity index (χ3v) is 3.62. The first-order valence-electron chi connectivity index (χ1n) is 7.16. The van der Waals surface area contributed by atoms with Gasteiger partial charge in [-0.2, -0.15) is 10.4 Å². The third kappa shape index (κ3) is 3.19. The van der Waals surface area contributed by atoms with Gasteiger partial charge in [0.2, 0.25) is 0 Å². The van der Waals surface area contributed by atoms with Gasteiger partial charge in [-0.1, -0.05) is 25.5 Å². The van der Waals surface area contributed by atoms with Crippen LogP contribution in [0.2, 0.25) is 0 Å². The molecule has 0 saturated heterocycles. The Kier molecular flexibility index (Phi) is 4.54. The number of unbranched alkanes of at least 4 members (excludes halogenated alkanes) is 1. The highest BCUT2D eigenvalue weighted by Gasteiger charge is 2.10. The van der Waals surface area contributed by atoms with Gasteiger partial charge in [-0.15, -0.1) is 0 Å². The Morgan fingerprint density at radius 1 is 1.24 bits per heavy atom. The Labute approximate surface area is 124 Å². The first-order chi connectivity index (χ1) is 10.1. The topological polar surface area (TPSA) is 58.7 Å². The van der Waals surface area contributed by atoms with Crippen molar-refractivity contribution in [2.75, 3.05) is 0 Å². The average Bonchev–Trinajstić information content (AvgIpc) is 2.49. The molecule has 4 heteroatoms. The Bertz CT molecular complexity index is 754. The van der Waals surface area contributed by atoms with E-state index >= 15 is 0 Å². The monoisotopic (exact) mass is 281 g/mol. The van der Waals surface area contributed by atoms with Crippen LogP contribution < -0.4 is 5.56 Å². The van der Waals surface area contributed by atoms with Gasteiger partial charge in [0.25, 0.3) is 5.56 Å². The number of hydrogen-bond acceptors (Lipinski definition) is 3. The molecule has 0 saturated carbocycles. The van der Waals surface area contributed by atoms with Crippen LogP contribution in [0.4, 0.5) is 0 Å². The lowest BCUT2D eigenvalue weighted by Gasteiger charge is -2.09. The number of benzene rings is 1.